The summed E-state index contributed by atoms with van der Waals surface area (Å²) >= 11 is 0. The molecule has 0 amide bonds. The van der Waals surface area contributed by atoms with Gasteiger partial charge in [-0.2, -0.15) is 0 Å². The molecule has 6 heteroatoms. The molecule has 5 aromatic rings. The Balaban J connectivity index is 1.57. The lowest BCUT2D eigenvalue weighted by molar-refractivity contribution is 0.412. The van der Waals surface area contributed by atoms with Crippen molar-refractivity contribution in [2.75, 3.05) is 7.11 Å². The quantitative estimate of drug-likeness (QED) is 0.356. The standard InChI is InChI=1S/C26H23FN4O/c1-17-15-30(16-29-17)24-9-8-21(14-25(24)32-3)31-13-11-22-23(31)10-12-28-26(22)18(2)19-4-6-20(27)7-5-19/h4-16,18H,1-3H3. The van der Waals surface area contributed by atoms with Gasteiger partial charge in [0.05, 0.1) is 36.0 Å². The SMILES string of the molecule is COc1cc(-n2ccc3c(C(C)c4ccc(F)cc4)nccc32)ccc1-n1cnc(C)c1. The van der Waals surface area contributed by atoms with E-state index >= 15 is 0 Å². The normalized spacial score (nSPS) is 12.2. The largest absolute Gasteiger partial charge is 0.494 e. The van der Waals surface area contributed by atoms with Gasteiger partial charge in [-0.25, -0.2) is 9.37 Å². The third-order valence-electron chi connectivity index (χ3n) is 5.86. The highest BCUT2D eigenvalue weighted by Gasteiger charge is 2.16. The van der Waals surface area contributed by atoms with Gasteiger partial charge in [-0.05, 0) is 48.9 Å². The van der Waals surface area contributed by atoms with Crippen LogP contribution in [0.5, 0.6) is 5.75 Å². The summed E-state index contributed by atoms with van der Waals surface area (Å²) in [5.74, 6) is 0.564. The van der Waals surface area contributed by atoms with Gasteiger partial charge in [0, 0.05) is 41.6 Å². The molecule has 0 spiro atoms. The second-order valence-corrected chi connectivity index (χ2v) is 7.87. The number of nitrogens with zero attached hydrogens (tertiary/aromatic N) is 4. The molecule has 3 heterocycles. The molecule has 1 atom stereocenters. The molecular formula is C26H23FN4O. The number of ether oxygens (including phenoxy) is 1. The first-order valence-electron chi connectivity index (χ1n) is 10.5. The van der Waals surface area contributed by atoms with Gasteiger partial charge < -0.3 is 13.9 Å². The van der Waals surface area contributed by atoms with Gasteiger partial charge in [0.2, 0.25) is 0 Å². The second-order valence-electron chi connectivity index (χ2n) is 7.87. The number of benzene rings is 2. The number of pyridine rings is 1. The van der Waals surface area contributed by atoms with Crippen LogP contribution in [0.4, 0.5) is 4.39 Å². The van der Waals surface area contributed by atoms with Crippen molar-refractivity contribution >= 4 is 10.9 Å². The van der Waals surface area contributed by atoms with Crippen LogP contribution in [-0.2, 0) is 0 Å². The van der Waals surface area contributed by atoms with Crippen LogP contribution in [0.15, 0.2) is 79.5 Å². The Morgan fingerprint density at radius 2 is 1.81 bits per heavy atom. The number of hydrogen-bond acceptors (Lipinski definition) is 3. The topological polar surface area (TPSA) is 44.9 Å². The van der Waals surface area contributed by atoms with E-state index in [1.165, 1.54) is 12.1 Å². The zero-order valence-electron chi connectivity index (χ0n) is 18.2. The van der Waals surface area contributed by atoms with Crippen molar-refractivity contribution in [1.82, 2.24) is 19.1 Å². The Morgan fingerprint density at radius 3 is 2.53 bits per heavy atom. The Hall–Kier alpha value is -3.93. The smallest absolute Gasteiger partial charge is 0.144 e. The zero-order chi connectivity index (χ0) is 22.2. The summed E-state index contributed by atoms with van der Waals surface area (Å²) in [5.41, 5.74) is 5.91. The van der Waals surface area contributed by atoms with E-state index in [-0.39, 0.29) is 11.7 Å². The summed E-state index contributed by atoms with van der Waals surface area (Å²) in [6, 6.07) is 16.8. The summed E-state index contributed by atoms with van der Waals surface area (Å²) in [4.78, 5) is 8.97. The van der Waals surface area contributed by atoms with Gasteiger partial charge in [0.1, 0.15) is 11.6 Å². The molecule has 160 valence electrons. The highest BCUT2D eigenvalue weighted by Crippen LogP contribution is 2.32. The lowest BCUT2D eigenvalue weighted by Gasteiger charge is -2.14. The number of rotatable bonds is 5. The Morgan fingerprint density at radius 1 is 1.00 bits per heavy atom. The van der Waals surface area contributed by atoms with E-state index in [2.05, 4.69) is 33.6 Å². The molecule has 0 bridgehead atoms. The van der Waals surface area contributed by atoms with Crippen LogP contribution >= 0.6 is 0 Å². The molecule has 0 N–H and O–H groups in total. The second kappa shape index (κ2) is 7.96. The first-order valence-corrected chi connectivity index (χ1v) is 10.5. The average Bonchev–Trinajstić information content (AvgIpc) is 3.45. The lowest BCUT2D eigenvalue weighted by Crippen LogP contribution is -2.01. The van der Waals surface area contributed by atoms with Gasteiger partial charge in [0.25, 0.3) is 0 Å². The van der Waals surface area contributed by atoms with Crippen molar-refractivity contribution in [1.29, 1.82) is 0 Å². The van der Waals surface area contributed by atoms with Crippen molar-refractivity contribution in [3.05, 3.63) is 102 Å². The summed E-state index contributed by atoms with van der Waals surface area (Å²) in [5, 5.41) is 1.07. The van der Waals surface area contributed by atoms with Crippen LogP contribution in [0.3, 0.4) is 0 Å². The van der Waals surface area contributed by atoms with Crippen LogP contribution in [0.25, 0.3) is 22.3 Å². The first-order chi connectivity index (χ1) is 15.5. The van der Waals surface area contributed by atoms with Gasteiger partial charge >= 0.3 is 0 Å². The third kappa shape index (κ3) is 3.43. The van der Waals surface area contributed by atoms with E-state index in [9.17, 15) is 4.39 Å². The molecular weight excluding hydrogens is 403 g/mol. The predicted octanol–water partition coefficient (Wildman–Crippen LogP) is 5.82. The van der Waals surface area contributed by atoms with Gasteiger partial charge in [-0.15, -0.1) is 0 Å². The molecule has 2 aromatic carbocycles. The molecule has 5 nitrogen and oxygen atoms in total. The fourth-order valence-corrected chi connectivity index (χ4v) is 4.15. The molecule has 0 aliphatic carbocycles. The molecule has 32 heavy (non-hydrogen) atoms. The van der Waals surface area contributed by atoms with E-state index in [0.29, 0.717) is 0 Å². The number of fused-ring (bicyclic) bond motifs is 1. The highest BCUT2D eigenvalue weighted by molar-refractivity contribution is 5.85. The average molecular weight is 426 g/mol. The summed E-state index contributed by atoms with van der Waals surface area (Å²) in [6.45, 7) is 4.05. The Labute approximate surface area is 185 Å². The van der Waals surface area contributed by atoms with E-state index in [1.807, 2.05) is 60.4 Å². The van der Waals surface area contributed by atoms with Crippen LogP contribution in [-0.4, -0.2) is 26.2 Å². The maximum absolute atomic E-state index is 13.4. The van der Waals surface area contributed by atoms with Gasteiger partial charge in [-0.3, -0.25) is 4.98 Å². The van der Waals surface area contributed by atoms with E-state index < -0.39 is 0 Å². The summed E-state index contributed by atoms with van der Waals surface area (Å²) < 4.78 is 23.1. The molecule has 0 radical (unpaired) electrons. The minimum atomic E-state index is -0.235. The summed E-state index contributed by atoms with van der Waals surface area (Å²) in [7, 11) is 1.67. The van der Waals surface area contributed by atoms with E-state index in [0.717, 1.165) is 45.0 Å². The predicted molar refractivity (Wildman–Crippen MR) is 123 cm³/mol. The molecule has 3 aromatic heterocycles. The van der Waals surface area contributed by atoms with E-state index in [1.54, 1.807) is 13.4 Å². The molecule has 1 unspecified atom stereocenters. The molecule has 0 saturated heterocycles. The number of imidazole rings is 1. The first kappa shape index (κ1) is 20.0. The van der Waals surface area contributed by atoms with Crippen LogP contribution in [0.1, 0.15) is 29.8 Å². The maximum atomic E-state index is 13.4. The van der Waals surface area contributed by atoms with Crippen molar-refractivity contribution < 1.29 is 9.13 Å². The summed E-state index contributed by atoms with van der Waals surface area (Å²) in [6.07, 6.45) is 7.63. The van der Waals surface area contributed by atoms with Gasteiger partial charge in [-0.1, -0.05) is 19.1 Å². The van der Waals surface area contributed by atoms with Gasteiger partial charge in [0.15, 0.2) is 0 Å². The Bertz CT molecular complexity index is 1400. The van der Waals surface area contributed by atoms with Crippen molar-refractivity contribution in [3.8, 4) is 17.1 Å². The fraction of sp³-hybridized carbons (Fsp3) is 0.154. The highest BCUT2D eigenvalue weighted by atomic mass is 19.1. The molecule has 0 aliphatic rings. The van der Waals surface area contributed by atoms with Crippen LogP contribution in [0.2, 0.25) is 0 Å². The number of aryl methyl sites for hydroxylation is 1. The number of halogens is 1. The van der Waals surface area contributed by atoms with Crippen molar-refractivity contribution in [2.24, 2.45) is 0 Å². The minimum absolute atomic E-state index is 0.0385. The third-order valence-corrected chi connectivity index (χ3v) is 5.86. The van der Waals surface area contributed by atoms with Crippen molar-refractivity contribution in [2.45, 2.75) is 19.8 Å². The molecule has 5 rings (SSSR count). The number of aromatic nitrogens is 4. The van der Waals surface area contributed by atoms with Crippen molar-refractivity contribution in [3.63, 3.8) is 0 Å². The number of hydrogen-bond donors (Lipinski definition) is 0. The lowest BCUT2D eigenvalue weighted by atomic mass is 9.95. The molecule has 0 fully saturated rings. The van der Waals surface area contributed by atoms with Crippen LogP contribution in [0, 0.1) is 12.7 Å². The zero-order valence-corrected chi connectivity index (χ0v) is 18.2. The number of methoxy groups -OCH3 is 1. The van der Waals surface area contributed by atoms with Crippen LogP contribution < -0.4 is 4.74 Å². The monoisotopic (exact) mass is 426 g/mol. The van der Waals surface area contributed by atoms with E-state index in [4.69, 9.17) is 4.74 Å². The minimum Gasteiger partial charge on any atom is -0.494 e. The fourth-order valence-electron chi connectivity index (χ4n) is 4.15. The molecule has 0 aliphatic heterocycles. The Kier molecular flexibility index (Phi) is 4.98. The molecule has 0 saturated carbocycles. The maximum Gasteiger partial charge on any atom is 0.144 e.